The monoisotopic (exact) mass is 301 g/mol. The predicted molar refractivity (Wildman–Crippen MR) is 77.8 cm³/mol. The molecule has 0 saturated carbocycles. The van der Waals surface area contributed by atoms with Gasteiger partial charge in [-0.05, 0) is 20.4 Å². The highest BCUT2D eigenvalue weighted by Gasteiger charge is 2.35. The number of piperazine rings is 1. The van der Waals surface area contributed by atoms with Crippen molar-refractivity contribution in [2.75, 3.05) is 32.4 Å². The third-order valence-corrected chi connectivity index (χ3v) is 5.59. The van der Waals surface area contributed by atoms with Crippen LogP contribution >= 0.6 is 0 Å². The molecule has 0 amide bonds. The lowest BCUT2D eigenvalue weighted by Gasteiger charge is -2.36. The third kappa shape index (κ3) is 2.82. The molecule has 1 unspecified atom stereocenters. The van der Waals surface area contributed by atoms with Crippen LogP contribution in [0, 0.1) is 0 Å². The standard InChI is InChI=1S/C12H23N5O2S/c1-4-5-16-9-11(12(13)14-16)20(18,19)17-7-6-15(3)8-10(17)2/h9-10H,4-8H2,1-3H3,(H2,13,14). The Kier molecular flexibility index (Phi) is 4.36. The molecule has 20 heavy (non-hydrogen) atoms. The van der Waals surface area contributed by atoms with Crippen molar-refractivity contribution < 1.29 is 8.42 Å². The Morgan fingerprint density at radius 1 is 1.45 bits per heavy atom. The van der Waals surface area contributed by atoms with Gasteiger partial charge in [-0.15, -0.1) is 0 Å². The second-order valence-electron chi connectivity index (χ2n) is 5.37. The Bertz CT molecular complexity index is 568. The number of nitrogens with two attached hydrogens (primary N) is 1. The van der Waals surface area contributed by atoms with E-state index in [1.54, 1.807) is 10.9 Å². The van der Waals surface area contributed by atoms with E-state index in [0.717, 1.165) is 19.5 Å². The molecule has 2 N–H and O–H groups in total. The fourth-order valence-electron chi connectivity index (χ4n) is 2.57. The van der Waals surface area contributed by atoms with Crippen LogP contribution in [-0.4, -0.2) is 60.1 Å². The number of likely N-dealkylation sites (N-methyl/N-ethyl adjacent to an activating group) is 1. The lowest BCUT2D eigenvalue weighted by molar-refractivity contribution is 0.170. The molecule has 1 fully saturated rings. The molecule has 1 aliphatic rings. The molecule has 0 aliphatic carbocycles. The van der Waals surface area contributed by atoms with E-state index in [4.69, 9.17) is 5.73 Å². The number of nitrogens with zero attached hydrogens (tertiary/aromatic N) is 4. The van der Waals surface area contributed by atoms with Gasteiger partial charge in [0.1, 0.15) is 4.90 Å². The summed E-state index contributed by atoms with van der Waals surface area (Å²) in [4.78, 5) is 2.25. The quantitative estimate of drug-likeness (QED) is 0.859. The van der Waals surface area contributed by atoms with Crippen LogP contribution in [-0.2, 0) is 16.6 Å². The molecule has 1 atom stereocenters. The van der Waals surface area contributed by atoms with Gasteiger partial charge < -0.3 is 10.6 Å². The van der Waals surface area contributed by atoms with Gasteiger partial charge >= 0.3 is 0 Å². The van der Waals surface area contributed by atoms with Gasteiger partial charge in [-0.2, -0.15) is 9.40 Å². The minimum atomic E-state index is -3.56. The van der Waals surface area contributed by atoms with E-state index in [0.29, 0.717) is 13.1 Å². The zero-order valence-electron chi connectivity index (χ0n) is 12.3. The first-order chi connectivity index (χ1) is 9.36. The van der Waals surface area contributed by atoms with Crippen LogP contribution in [0.1, 0.15) is 20.3 Å². The lowest BCUT2D eigenvalue weighted by Crippen LogP contribution is -2.52. The topological polar surface area (TPSA) is 84.5 Å². The third-order valence-electron chi connectivity index (χ3n) is 3.56. The Balaban J connectivity index is 2.30. The average Bonchev–Trinajstić information content (AvgIpc) is 2.71. The summed E-state index contributed by atoms with van der Waals surface area (Å²) in [5.41, 5.74) is 5.79. The highest BCUT2D eigenvalue weighted by molar-refractivity contribution is 7.89. The number of hydrogen-bond donors (Lipinski definition) is 1. The van der Waals surface area contributed by atoms with Gasteiger partial charge in [0.25, 0.3) is 0 Å². The van der Waals surface area contributed by atoms with Crippen LogP contribution in [0.3, 0.4) is 0 Å². The number of hydrogen-bond acceptors (Lipinski definition) is 5. The maximum Gasteiger partial charge on any atom is 0.248 e. The van der Waals surface area contributed by atoms with Crippen LogP contribution in [0.2, 0.25) is 0 Å². The van der Waals surface area contributed by atoms with Crippen LogP contribution in [0.15, 0.2) is 11.1 Å². The van der Waals surface area contributed by atoms with E-state index in [1.165, 1.54) is 4.31 Å². The minimum Gasteiger partial charge on any atom is -0.381 e. The molecule has 2 heterocycles. The fourth-order valence-corrected chi connectivity index (χ4v) is 4.24. The summed E-state index contributed by atoms with van der Waals surface area (Å²) in [6.45, 7) is 6.53. The van der Waals surface area contributed by atoms with Crippen molar-refractivity contribution in [3.05, 3.63) is 6.20 Å². The second kappa shape index (κ2) is 5.71. The van der Waals surface area contributed by atoms with Crippen LogP contribution in [0.4, 0.5) is 5.82 Å². The summed E-state index contributed by atoms with van der Waals surface area (Å²) in [6.07, 6.45) is 2.42. The van der Waals surface area contributed by atoms with E-state index in [9.17, 15) is 8.42 Å². The number of sulfonamides is 1. The van der Waals surface area contributed by atoms with E-state index in [1.807, 2.05) is 20.9 Å². The molecule has 7 nitrogen and oxygen atoms in total. The van der Waals surface area contributed by atoms with Gasteiger partial charge in [0, 0.05) is 38.4 Å². The van der Waals surface area contributed by atoms with Gasteiger partial charge in [0.2, 0.25) is 10.0 Å². The van der Waals surface area contributed by atoms with E-state index in [-0.39, 0.29) is 16.8 Å². The van der Waals surface area contributed by atoms with E-state index in [2.05, 4.69) is 10.00 Å². The highest BCUT2D eigenvalue weighted by Crippen LogP contribution is 2.24. The van der Waals surface area contributed by atoms with Gasteiger partial charge in [-0.3, -0.25) is 4.68 Å². The summed E-state index contributed by atoms with van der Waals surface area (Å²) in [5.74, 6) is 0.0876. The maximum atomic E-state index is 12.7. The first-order valence-corrected chi connectivity index (χ1v) is 8.33. The summed E-state index contributed by atoms with van der Waals surface area (Å²) < 4.78 is 28.6. The molecule has 0 aromatic carbocycles. The lowest BCUT2D eigenvalue weighted by atomic mass is 10.2. The van der Waals surface area contributed by atoms with Crippen LogP contribution < -0.4 is 5.73 Å². The van der Waals surface area contributed by atoms with Gasteiger partial charge in [-0.1, -0.05) is 6.92 Å². The first kappa shape index (κ1) is 15.3. The largest absolute Gasteiger partial charge is 0.381 e. The number of rotatable bonds is 4. The molecule has 0 bridgehead atoms. The van der Waals surface area contributed by atoms with E-state index >= 15 is 0 Å². The SMILES string of the molecule is CCCn1cc(S(=O)(=O)N2CCN(C)CC2C)c(N)n1. The minimum absolute atomic E-state index is 0.0623. The number of aryl methyl sites for hydroxylation is 1. The van der Waals surface area contributed by atoms with Crippen LogP contribution in [0.25, 0.3) is 0 Å². The average molecular weight is 301 g/mol. The smallest absolute Gasteiger partial charge is 0.248 e. The number of aromatic nitrogens is 2. The Morgan fingerprint density at radius 2 is 2.15 bits per heavy atom. The summed E-state index contributed by atoms with van der Waals surface area (Å²) >= 11 is 0. The van der Waals surface area contributed by atoms with Crippen molar-refractivity contribution in [2.45, 2.75) is 37.8 Å². The normalized spacial score (nSPS) is 22.2. The van der Waals surface area contributed by atoms with Gasteiger partial charge in [0.05, 0.1) is 0 Å². The van der Waals surface area contributed by atoms with Crippen molar-refractivity contribution >= 4 is 15.8 Å². The summed E-state index contributed by atoms with van der Waals surface area (Å²) in [7, 11) is -1.57. The van der Waals surface area contributed by atoms with Gasteiger partial charge in [0.15, 0.2) is 5.82 Å². The molecule has 2 rings (SSSR count). The fraction of sp³-hybridized carbons (Fsp3) is 0.750. The molecular weight excluding hydrogens is 278 g/mol. The van der Waals surface area contributed by atoms with Crippen molar-refractivity contribution in [1.29, 1.82) is 0 Å². The van der Waals surface area contributed by atoms with Crippen molar-refractivity contribution in [1.82, 2.24) is 19.0 Å². The number of nitrogen functional groups attached to an aromatic ring is 1. The molecule has 0 spiro atoms. The number of anilines is 1. The predicted octanol–water partition coefficient (Wildman–Crippen LogP) is 0.200. The molecule has 0 radical (unpaired) electrons. The molecule has 1 aromatic heterocycles. The summed E-state index contributed by atoms with van der Waals surface area (Å²) in [6, 6.07) is -0.0623. The van der Waals surface area contributed by atoms with Crippen molar-refractivity contribution in [3.8, 4) is 0 Å². The highest BCUT2D eigenvalue weighted by atomic mass is 32.2. The summed E-state index contributed by atoms with van der Waals surface area (Å²) in [5, 5.41) is 4.08. The zero-order valence-corrected chi connectivity index (χ0v) is 13.1. The Morgan fingerprint density at radius 3 is 2.75 bits per heavy atom. The molecule has 1 aromatic rings. The van der Waals surface area contributed by atoms with Crippen molar-refractivity contribution in [3.63, 3.8) is 0 Å². The molecular formula is C12H23N5O2S. The zero-order chi connectivity index (χ0) is 14.9. The molecule has 8 heteroatoms. The second-order valence-corrected chi connectivity index (χ2v) is 7.23. The Hall–Kier alpha value is -1.12. The molecule has 1 aliphatic heterocycles. The van der Waals surface area contributed by atoms with Crippen LogP contribution in [0.5, 0.6) is 0 Å². The molecule has 114 valence electrons. The Labute approximate surface area is 120 Å². The molecule has 1 saturated heterocycles. The van der Waals surface area contributed by atoms with Crippen molar-refractivity contribution in [2.24, 2.45) is 0 Å². The van der Waals surface area contributed by atoms with Gasteiger partial charge in [-0.25, -0.2) is 8.42 Å². The first-order valence-electron chi connectivity index (χ1n) is 6.89. The maximum absolute atomic E-state index is 12.7. The van der Waals surface area contributed by atoms with E-state index < -0.39 is 10.0 Å².